The van der Waals surface area contributed by atoms with Crippen LogP contribution in [0.2, 0.25) is 0 Å². The van der Waals surface area contributed by atoms with Crippen LogP contribution in [0.1, 0.15) is 12.8 Å². The molecule has 0 saturated carbocycles. The Balaban J connectivity index is -0.00000000312. The maximum Gasteiger partial charge on any atom is 0.0466 e. The van der Waals surface area contributed by atoms with E-state index < -0.39 is 0 Å². The van der Waals surface area contributed by atoms with Gasteiger partial charge >= 0.3 is 0 Å². The van der Waals surface area contributed by atoms with Gasteiger partial charge in [0.2, 0.25) is 0 Å². The first-order valence-electron chi connectivity index (χ1n) is 2.08. The summed E-state index contributed by atoms with van der Waals surface area (Å²) >= 11 is 0. The second-order valence-electron chi connectivity index (χ2n) is 1.32. The van der Waals surface area contributed by atoms with E-state index in [4.69, 9.17) is 4.74 Å². The van der Waals surface area contributed by atoms with E-state index in [2.05, 4.69) is 0 Å². The van der Waals surface area contributed by atoms with Gasteiger partial charge in [0.15, 0.2) is 0 Å². The van der Waals surface area contributed by atoms with Crippen LogP contribution in [0.15, 0.2) is 0 Å². The van der Waals surface area contributed by atoms with E-state index in [0.717, 1.165) is 13.2 Å². The molecule has 0 aromatic carbocycles. The minimum atomic E-state index is 0. The molecule has 20 N–H and O–H groups in total. The minimum absolute atomic E-state index is 0. The highest BCUT2D eigenvalue weighted by Gasteiger charge is 1.94. The van der Waals surface area contributed by atoms with E-state index in [9.17, 15) is 0 Å². The molecule has 1 aliphatic heterocycles. The van der Waals surface area contributed by atoms with Crippen molar-refractivity contribution < 1.29 is 59.5 Å². The smallest absolute Gasteiger partial charge is 0.0466 e. The standard InChI is InChI=1S/C4H8O.10H2O/c1-2-4-5-3-1;;;;;;;;;;/h1-4H2;10*1H2. The summed E-state index contributed by atoms with van der Waals surface area (Å²) in [5.41, 5.74) is 0. The van der Waals surface area contributed by atoms with Crippen LogP contribution in [0.5, 0.6) is 0 Å². The molecule has 1 aliphatic rings. The average Bonchev–Trinajstić information content (AvgIpc) is 1.76. The van der Waals surface area contributed by atoms with E-state index in [1.165, 1.54) is 12.8 Å². The highest BCUT2D eigenvalue weighted by molar-refractivity contribution is 4.43. The second kappa shape index (κ2) is 103. The van der Waals surface area contributed by atoms with Gasteiger partial charge in [-0.15, -0.1) is 0 Å². The summed E-state index contributed by atoms with van der Waals surface area (Å²) < 4.78 is 4.94. The van der Waals surface area contributed by atoms with Gasteiger partial charge in [0, 0.05) is 13.2 Å². The summed E-state index contributed by atoms with van der Waals surface area (Å²) in [4.78, 5) is 0. The zero-order chi connectivity index (χ0) is 3.54. The molecular weight excluding hydrogens is 224 g/mol. The van der Waals surface area contributed by atoms with Crippen molar-refractivity contribution in [2.75, 3.05) is 13.2 Å². The molecule has 0 unspecified atom stereocenters. The first kappa shape index (κ1) is 129. The summed E-state index contributed by atoms with van der Waals surface area (Å²) in [7, 11) is 0. The van der Waals surface area contributed by atoms with Crippen LogP contribution in [0.3, 0.4) is 0 Å². The molecule has 11 heteroatoms. The monoisotopic (exact) mass is 252 g/mol. The normalized spacial score (nSPS) is 8.00. The lowest BCUT2D eigenvalue weighted by Crippen LogP contribution is -1.74. The summed E-state index contributed by atoms with van der Waals surface area (Å²) in [6.45, 7) is 2.00. The van der Waals surface area contributed by atoms with Crippen LogP contribution in [0, 0.1) is 0 Å². The first-order chi connectivity index (χ1) is 2.50. The van der Waals surface area contributed by atoms with Crippen LogP contribution in [0.4, 0.5) is 0 Å². The summed E-state index contributed by atoms with van der Waals surface area (Å²) in [6.07, 6.45) is 2.56. The van der Waals surface area contributed by atoms with Crippen molar-refractivity contribution in [3.63, 3.8) is 0 Å². The Bertz CT molecular complexity index is 24.2. The number of hydrogen-bond acceptors (Lipinski definition) is 1. The van der Waals surface area contributed by atoms with Gasteiger partial charge in [0.1, 0.15) is 0 Å². The highest BCUT2D eigenvalue weighted by Crippen LogP contribution is 1.98. The molecule has 1 fully saturated rings. The lowest BCUT2D eigenvalue weighted by atomic mass is 10.4. The van der Waals surface area contributed by atoms with Crippen LogP contribution >= 0.6 is 0 Å². The molecule has 0 bridgehead atoms. The quantitative estimate of drug-likeness (QED) is 0.397. The lowest BCUT2D eigenvalue weighted by molar-refractivity contribution is 0.198. The van der Waals surface area contributed by atoms with Gasteiger partial charge in [-0.25, -0.2) is 0 Å². The third-order valence-corrected chi connectivity index (χ3v) is 0.827. The van der Waals surface area contributed by atoms with Gasteiger partial charge in [-0.05, 0) is 12.8 Å². The molecule has 1 saturated heterocycles. The Hall–Kier alpha value is -0.440. The molecule has 0 aromatic rings. The summed E-state index contributed by atoms with van der Waals surface area (Å²) in [5, 5.41) is 0. The van der Waals surface area contributed by atoms with E-state index >= 15 is 0 Å². The summed E-state index contributed by atoms with van der Waals surface area (Å²) in [6, 6.07) is 0. The molecule has 1 heterocycles. The zero-order valence-corrected chi connectivity index (χ0v) is 8.24. The van der Waals surface area contributed by atoms with Crippen molar-refractivity contribution in [3.8, 4) is 0 Å². The zero-order valence-electron chi connectivity index (χ0n) is 8.24. The third kappa shape index (κ3) is 87.1. The fourth-order valence-electron chi connectivity index (χ4n) is 0.510. The van der Waals surface area contributed by atoms with Gasteiger partial charge in [0.05, 0.1) is 0 Å². The van der Waals surface area contributed by atoms with Crippen molar-refractivity contribution in [1.29, 1.82) is 0 Å². The first-order valence-corrected chi connectivity index (χ1v) is 2.08. The van der Waals surface area contributed by atoms with Crippen molar-refractivity contribution >= 4 is 0 Å². The molecule has 0 amide bonds. The SMILES string of the molecule is C1CCOC1.O.O.O.O.O.O.O.O.O.O. The average molecular weight is 252 g/mol. The summed E-state index contributed by atoms with van der Waals surface area (Å²) in [5.74, 6) is 0. The molecule has 0 aliphatic carbocycles. The molecule has 0 atom stereocenters. The van der Waals surface area contributed by atoms with E-state index in [0.29, 0.717) is 0 Å². The Labute approximate surface area is 86.7 Å². The van der Waals surface area contributed by atoms with Crippen LogP contribution < -0.4 is 0 Å². The van der Waals surface area contributed by atoms with E-state index in [1.54, 1.807) is 0 Å². The van der Waals surface area contributed by atoms with Gasteiger partial charge in [-0.2, -0.15) is 0 Å². The van der Waals surface area contributed by atoms with Gasteiger partial charge < -0.3 is 59.5 Å². The van der Waals surface area contributed by atoms with Crippen molar-refractivity contribution in [1.82, 2.24) is 0 Å². The predicted molar refractivity (Wildman–Crippen MR) is 56.2 cm³/mol. The molecule has 110 valence electrons. The number of hydrogen-bond donors (Lipinski definition) is 0. The molecule has 1 rings (SSSR count). The van der Waals surface area contributed by atoms with E-state index in [1.807, 2.05) is 0 Å². The topological polar surface area (TPSA) is 324 Å². The maximum absolute atomic E-state index is 4.94. The molecule has 0 aromatic heterocycles. The van der Waals surface area contributed by atoms with Crippen LogP contribution in [-0.4, -0.2) is 68.0 Å². The molecular formula is C4H28O11. The maximum atomic E-state index is 4.94. The van der Waals surface area contributed by atoms with E-state index in [-0.39, 0.29) is 54.8 Å². The molecule has 0 radical (unpaired) electrons. The van der Waals surface area contributed by atoms with Crippen molar-refractivity contribution in [2.24, 2.45) is 0 Å². The van der Waals surface area contributed by atoms with Gasteiger partial charge in [-0.1, -0.05) is 0 Å². The minimum Gasteiger partial charge on any atom is -0.412 e. The number of rotatable bonds is 0. The molecule has 11 nitrogen and oxygen atoms in total. The van der Waals surface area contributed by atoms with Crippen molar-refractivity contribution in [3.05, 3.63) is 0 Å². The third-order valence-electron chi connectivity index (χ3n) is 0.827. The fraction of sp³-hybridized carbons (Fsp3) is 1.00. The largest absolute Gasteiger partial charge is 0.412 e. The van der Waals surface area contributed by atoms with Crippen LogP contribution in [-0.2, 0) is 4.74 Å². The Morgan fingerprint density at radius 3 is 0.667 bits per heavy atom. The van der Waals surface area contributed by atoms with Crippen LogP contribution in [0.25, 0.3) is 0 Å². The van der Waals surface area contributed by atoms with Gasteiger partial charge in [-0.3, -0.25) is 0 Å². The lowest BCUT2D eigenvalue weighted by Gasteiger charge is -1.76. The Kier molecular flexibility index (Phi) is 883. The Morgan fingerprint density at radius 1 is 0.400 bits per heavy atom. The Morgan fingerprint density at radius 2 is 0.600 bits per heavy atom. The predicted octanol–water partition coefficient (Wildman–Crippen LogP) is -7.45. The van der Waals surface area contributed by atoms with Crippen molar-refractivity contribution in [2.45, 2.75) is 12.8 Å². The number of ether oxygens (including phenoxy) is 1. The van der Waals surface area contributed by atoms with Gasteiger partial charge in [0.25, 0.3) is 0 Å². The molecule has 15 heavy (non-hydrogen) atoms. The molecule has 0 spiro atoms. The second-order valence-corrected chi connectivity index (χ2v) is 1.32. The fourth-order valence-corrected chi connectivity index (χ4v) is 0.510. The highest BCUT2D eigenvalue weighted by atomic mass is 16.5.